The fourth-order valence-corrected chi connectivity index (χ4v) is 3.34. The third-order valence-corrected chi connectivity index (χ3v) is 4.67. The van der Waals surface area contributed by atoms with E-state index in [9.17, 15) is 4.79 Å². The molecule has 2 aliphatic heterocycles. The van der Waals surface area contributed by atoms with E-state index in [0.717, 1.165) is 17.7 Å². The summed E-state index contributed by atoms with van der Waals surface area (Å²) < 4.78 is 13.2. The van der Waals surface area contributed by atoms with Crippen molar-refractivity contribution in [2.24, 2.45) is 7.05 Å². The molecule has 1 aromatic heterocycles. The molecule has 1 amide bonds. The Labute approximate surface area is 134 Å². The number of fused-ring (bicyclic) bond motifs is 1. The summed E-state index contributed by atoms with van der Waals surface area (Å²) in [7, 11) is 1.92. The van der Waals surface area contributed by atoms with E-state index in [2.05, 4.69) is 5.10 Å². The van der Waals surface area contributed by atoms with E-state index in [1.807, 2.05) is 48.1 Å². The average molecular weight is 313 g/mol. The van der Waals surface area contributed by atoms with Gasteiger partial charge in [-0.25, -0.2) is 4.79 Å². The molecule has 6 nitrogen and oxygen atoms in total. The molecule has 2 atom stereocenters. The Balaban J connectivity index is 1.35. The molecule has 4 rings (SSSR count). The second-order valence-electron chi connectivity index (χ2n) is 6.07. The zero-order valence-electron chi connectivity index (χ0n) is 13.0. The number of nitrogens with zero attached hydrogens (tertiary/aromatic N) is 3. The molecular weight excluding hydrogens is 294 g/mol. The zero-order chi connectivity index (χ0) is 15.9. The quantitative estimate of drug-likeness (QED) is 0.814. The van der Waals surface area contributed by atoms with Crippen LogP contribution in [0.15, 0.2) is 42.6 Å². The molecule has 0 aliphatic carbocycles. The second kappa shape index (κ2) is 5.38. The van der Waals surface area contributed by atoms with Gasteiger partial charge in [0, 0.05) is 26.2 Å². The third-order valence-electron chi connectivity index (χ3n) is 4.67. The third kappa shape index (κ3) is 2.49. The molecule has 23 heavy (non-hydrogen) atoms. The second-order valence-corrected chi connectivity index (χ2v) is 6.07. The van der Waals surface area contributed by atoms with Gasteiger partial charge in [0.05, 0.1) is 12.2 Å². The van der Waals surface area contributed by atoms with Crippen LogP contribution in [0.4, 0.5) is 4.79 Å². The molecular formula is C17H19N3O3. The molecule has 0 bridgehead atoms. The van der Waals surface area contributed by atoms with E-state index in [1.165, 1.54) is 0 Å². The molecule has 0 N–H and O–H groups in total. The lowest BCUT2D eigenvalue weighted by Crippen LogP contribution is -2.42. The van der Waals surface area contributed by atoms with Crippen molar-refractivity contribution in [3.63, 3.8) is 0 Å². The standard InChI is InChI=1S/C17H19N3O3/c1-19-14(7-9-18-19)17-8-10-20(11-15(17)23-17)16(21)22-12-13-5-3-2-4-6-13/h2-7,9,15H,8,10-12H2,1H3/t15-,17+/m0/s1. The smallest absolute Gasteiger partial charge is 0.410 e. The number of ether oxygens (including phenoxy) is 2. The Hall–Kier alpha value is -2.34. The minimum absolute atomic E-state index is 0.0379. The number of carbonyl (C=O) groups excluding carboxylic acids is 1. The van der Waals surface area contributed by atoms with Gasteiger partial charge >= 0.3 is 6.09 Å². The number of benzene rings is 1. The summed E-state index contributed by atoms with van der Waals surface area (Å²) in [5.74, 6) is 0. The van der Waals surface area contributed by atoms with Crippen molar-refractivity contribution in [1.29, 1.82) is 0 Å². The van der Waals surface area contributed by atoms with Gasteiger partial charge in [-0.15, -0.1) is 0 Å². The van der Waals surface area contributed by atoms with Gasteiger partial charge in [0.15, 0.2) is 0 Å². The van der Waals surface area contributed by atoms with Crippen molar-refractivity contribution >= 4 is 6.09 Å². The summed E-state index contributed by atoms with van der Waals surface area (Å²) >= 11 is 0. The van der Waals surface area contributed by atoms with E-state index in [0.29, 0.717) is 19.7 Å². The SMILES string of the molecule is Cn1nccc1[C@]12CCN(C(=O)OCc3ccccc3)C[C@@H]1O2. The van der Waals surface area contributed by atoms with Crippen molar-refractivity contribution in [3.8, 4) is 0 Å². The van der Waals surface area contributed by atoms with E-state index < -0.39 is 0 Å². The Bertz CT molecular complexity index is 715. The summed E-state index contributed by atoms with van der Waals surface area (Å²) in [6.45, 7) is 1.50. The molecule has 120 valence electrons. The molecule has 3 heterocycles. The lowest BCUT2D eigenvalue weighted by molar-refractivity contribution is 0.0893. The molecule has 2 fully saturated rings. The minimum atomic E-state index is -0.275. The van der Waals surface area contributed by atoms with Crippen LogP contribution in [0.1, 0.15) is 17.7 Å². The van der Waals surface area contributed by atoms with Gasteiger partial charge < -0.3 is 14.4 Å². The predicted molar refractivity (Wildman–Crippen MR) is 82.6 cm³/mol. The number of aryl methyl sites for hydroxylation is 1. The van der Waals surface area contributed by atoms with Crippen molar-refractivity contribution in [1.82, 2.24) is 14.7 Å². The minimum Gasteiger partial charge on any atom is -0.445 e. The highest BCUT2D eigenvalue weighted by molar-refractivity contribution is 5.68. The molecule has 0 radical (unpaired) electrons. The largest absolute Gasteiger partial charge is 0.445 e. The zero-order valence-corrected chi connectivity index (χ0v) is 13.0. The van der Waals surface area contributed by atoms with Crippen molar-refractivity contribution in [2.45, 2.75) is 24.7 Å². The van der Waals surface area contributed by atoms with E-state index in [4.69, 9.17) is 9.47 Å². The average Bonchev–Trinajstić information content (AvgIpc) is 3.16. The van der Waals surface area contributed by atoms with E-state index in [1.54, 1.807) is 11.1 Å². The summed E-state index contributed by atoms with van der Waals surface area (Å²) in [5.41, 5.74) is 1.81. The number of rotatable bonds is 3. The molecule has 0 unspecified atom stereocenters. The topological polar surface area (TPSA) is 59.9 Å². The molecule has 2 aliphatic rings. The number of hydrogen-bond acceptors (Lipinski definition) is 4. The van der Waals surface area contributed by atoms with Gasteiger partial charge in [-0.3, -0.25) is 4.68 Å². The highest BCUT2D eigenvalue weighted by Crippen LogP contribution is 2.51. The summed E-state index contributed by atoms with van der Waals surface area (Å²) in [4.78, 5) is 14.0. The van der Waals surface area contributed by atoms with Crippen LogP contribution in [-0.2, 0) is 28.7 Å². The number of amides is 1. The molecule has 0 saturated carbocycles. The first-order valence-electron chi connectivity index (χ1n) is 7.81. The summed E-state index contributed by atoms with van der Waals surface area (Å²) in [6.07, 6.45) is 2.32. The number of carbonyl (C=O) groups is 1. The first-order chi connectivity index (χ1) is 11.2. The van der Waals surface area contributed by atoms with Crippen molar-refractivity contribution in [3.05, 3.63) is 53.9 Å². The van der Waals surface area contributed by atoms with Crippen LogP contribution in [-0.4, -0.2) is 40.0 Å². The molecule has 0 spiro atoms. The highest BCUT2D eigenvalue weighted by Gasteiger charge is 2.62. The number of likely N-dealkylation sites (tertiary alicyclic amines) is 1. The lowest BCUT2D eigenvalue weighted by atomic mass is 9.93. The maximum absolute atomic E-state index is 12.2. The highest BCUT2D eigenvalue weighted by atomic mass is 16.6. The number of aromatic nitrogens is 2. The first kappa shape index (κ1) is 14.3. The maximum Gasteiger partial charge on any atom is 0.410 e. The predicted octanol–water partition coefficient (Wildman–Crippen LogP) is 2.06. The Morgan fingerprint density at radius 1 is 1.39 bits per heavy atom. The molecule has 2 saturated heterocycles. The maximum atomic E-state index is 12.2. The monoisotopic (exact) mass is 313 g/mol. The van der Waals surface area contributed by atoms with Gasteiger partial charge in [-0.2, -0.15) is 5.10 Å². The normalized spacial score (nSPS) is 25.8. The fourth-order valence-electron chi connectivity index (χ4n) is 3.34. The van der Waals surface area contributed by atoms with Crippen LogP contribution in [0.3, 0.4) is 0 Å². The van der Waals surface area contributed by atoms with Gasteiger partial charge in [-0.1, -0.05) is 30.3 Å². The first-order valence-corrected chi connectivity index (χ1v) is 7.81. The Morgan fingerprint density at radius 2 is 2.22 bits per heavy atom. The van der Waals surface area contributed by atoms with Crippen LogP contribution < -0.4 is 0 Å². The van der Waals surface area contributed by atoms with Crippen LogP contribution >= 0.6 is 0 Å². The summed E-state index contributed by atoms with van der Waals surface area (Å²) in [5, 5.41) is 4.21. The summed E-state index contributed by atoms with van der Waals surface area (Å²) in [6, 6.07) is 11.7. The molecule has 1 aromatic carbocycles. The van der Waals surface area contributed by atoms with Gasteiger partial charge in [0.2, 0.25) is 0 Å². The number of epoxide rings is 1. The van der Waals surface area contributed by atoms with Crippen molar-refractivity contribution < 1.29 is 14.3 Å². The molecule has 2 aromatic rings. The van der Waals surface area contributed by atoms with Crippen LogP contribution in [0.25, 0.3) is 0 Å². The lowest BCUT2D eigenvalue weighted by Gasteiger charge is -2.27. The Kier molecular flexibility index (Phi) is 3.34. The van der Waals surface area contributed by atoms with E-state index >= 15 is 0 Å². The van der Waals surface area contributed by atoms with Crippen molar-refractivity contribution in [2.75, 3.05) is 13.1 Å². The van der Waals surface area contributed by atoms with Crippen LogP contribution in [0, 0.1) is 0 Å². The number of hydrogen-bond donors (Lipinski definition) is 0. The van der Waals surface area contributed by atoms with Gasteiger partial charge in [0.1, 0.15) is 18.3 Å². The van der Waals surface area contributed by atoms with E-state index in [-0.39, 0.29) is 17.8 Å². The number of piperidine rings is 1. The van der Waals surface area contributed by atoms with Gasteiger partial charge in [0.25, 0.3) is 0 Å². The fraction of sp³-hybridized carbons (Fsp3) is 0.412. The van der Waals surface area contributed by atoms with Gasteiger partial charge in [-0.05, 0) is 11.6 Å². The van der Waals surface area contributed by atoms with Crippen LogP contribution in [0.5, 0.6) is 0 Å². The molecule has 6 heteroatoms. The Morgan fingerprint density at radius 3 is 2.91 bits per heavy atom. The van der Waals surface area contributed by atoms with Crippen LogP contribution in [0.2, 0.25) is 0 Å².